The Morgan fingerprint density at radius 2 is 1.92 bits per heavy atom. The van der Waals surface area contributed by atoms with Crippen LogP contribution < -0.4 is 10.1 Å². The van der Waals surface area contributed by atoms with Crippen LogP contribution >= 0.6 is 11.8 Å². The van der Waals surface area contributed by atoms with E-state index in [0.717, 1.165) is 21.9 Å². The van der Waals surface area contributed by atoms with E-state index in [9.17, 15) is 4.79 Å². The number of imidazole rings is 1. The van der Waals surface area contributed by atoms with Crippen LogP contribution in [0.5, 0.6) is 5.75 Å². The van der Waals surface area contributed by atoms with Crippen LogP contribution in [-0.2, 0) is 11.8 Å². The van der Waals surface area contributed by atoms with E-state index in [4.69, 9.17) is 4.74 Å². The number of hydrogen-bond donors (Lipinski definition) is 1. The number of rotatable bonds is 7. The molecule has 1 amide bonds. The lowest BCUT2D eigenvalue weighted by Gasteiger charge is -2.07. The van der Waals surface area contributed by atoms with Crippen molar-refractivity contribution in [3.05, 3.63) is 54.6 Å². The Labute approximate surface area is 145 Å². The van der Waals surface area contributed by atoms with Gasteiger partial charge in [-0.2, -0.15) is 0 Å². The minimum absolute atomic E-state index is 0.0243. The quantitative estimate of drug-likeness (QED) is 0.530. The Balaban J connectivity index is 1.43. The predicted octanol–water partition coefficient (Wildman–Crippen LogP) is 2.86. The molecule has 0 saturated heterocycles. The maximum Gasteiger partial charge on any atom is 0.230 e. The third kappa shape index (κ3) is 4.08. The average molecular weight is 341 g/mol. The van der Waals surface area contributed by atoms with E-state index in [0.29, 0.717) is 18.9 Å². The van der Waals surface area contributed by atoms with Gasteiger partial charge >= 0.3 is 0 Å². The van der Waals surface area contributed by atoms with Gasteiger partial charge in [-0.1, -0.05) is 42.1 Å². The lowest BCUT2D eigenvalue weighted by Crippen LogP contribution is -2.29. The first-order valence-electron chi connectivity index (χ1n) is 7.73. The van der Waals surface area contributed by atoms with Gasteiger partial charge in [0.05, 0.1) is 23.3 Å². The number of carbonyl (C=O) groups excluding carboxylic acids is 1. The molecule has 2 aromatic carbocycles. The van der Waals surface area contributed by atoms with Gasteiger partial charge in [0, 0.05) is 7.05 Å². The average Bonchev–Trinajstić information content (AvgIpc) is 2.94. The van der Waals surface area contributed by atoms with Crippen molar-refractivity contribution < 1.29 is 9.53 Å². The normalized spacial score (nSPS) is 10.7. The van der Waals surface area contributed by atoms with Crippen LogP contribution in [0.25, 0.3) is 11.0 Å². The zero-order valence-electron chi connectivity index (χ0n) is 13.4. The first kappa shape index (κ1) is 16.4. The van der Waals surface area contributed by atoms with Crippen molar-refractivity contribution in [1.82, 2.24) is 14.9 Å². The van der Waals surface area contributed by atoms with Gasteiger partial charge in [0.2, 0.25) is 5.91 Å². The first-order valence-corrected chi connectivity index (χ1v) is 8.71. The van der Waals surface area contributed by atoms with Crippen molar-refractivity contribution in [3.8, 4) is 5.75 Å². The van der Waals surface area contributed by atoms with Crippen LogP contribution in [0.1, 0.15) is 0 Å². The predicted molar refractivity (Wildman–Crippen MR) is 96.4 cm³/mol. The van der Waals surface area contributed by atoms with Crippen molar-refractivity contribution in [2.45, 2.75) is 5.16 Å². The number of nitrogens with one attached hydrogen (secondary N) is 1. The third-order valence-electron chi connectivity index (χ3n) is 3.51. The molecule has 0 spiro atoms. The molecule has 0 aliphatic carbocycles. The number of benzene rings is 2. The van der Waals surface area contributed by atoms with Gasteiger partial charge in [0.1, 0.15) is 12.4 Å². The Hall–Kier alpha value is -2.47. The monoisotopic (exact) mass is 341 g/mol. The van der Waals surface area contributed by atoms with Crippen LogP contribution in [0, 0.1) is 0 Å². The summed E-state index contributed by atoms with van der Waals surface area (Å²) in [7, 11) is 1.96. The van der Waals surface area contributed by atoms with Crippen LogP contribution in [0.3, 0.4) is 0 Å². The maximum absolute atomic E-state index is 11.9. The molecule has 124 valence electrons. The van der Waals surface area contributed by atoms with Crippen LogP contribution in [-0.4, -0.2) is 34.4 Å². The second kappa shape index (κ2) is 7.88. The molecule has 5 nitrogen and oxygen atoms in total. The fourth-order valence-corrected chi connectivity index (χ4v) is 3.13. The first-order chi connectivity index (χ1) is 11.7. The van der Waals surface area contributed by atoms with E-state index >= 15 is 0 Å². The van der Waals surface area contributed by atoms with E-state index in [1.807, 2.05) is 66.2 Å². The second-order valence-electron chi connectivity index (χ2n) is 5.24. The molecule has 0 saturated carbocycles. The number of ether oxygens (including phenoxy) is 1. The SMILES string of the molecule is Cn1c(SCC(=O)NCCOc2ccccc2)nc2ccccc21. The number of carbonyl (C=O) groups is 1. The molecule has 0 radical (unpaired) electrons. The fraction of sp³-hybridized carbons (Fsp3) is 0.222. The molecule has 0 unspecified atom stereocenters. The van der Waals surface area contributed by atoms with Crippen molar-refractivity contribution >= 4 is 28.7 Å². The largest absolute Gasteiger partial charge is 0.492 e. The molecule has 1 N–H and O–H groups in total. The highest BCUT2D eigenvalue weighted by molar-refractivity contribution is 7.99. The Kier molecular flexibility index (Phi) is 5.38. The lowest BCUT2D eigenvalue weighted by molar-refractivity contribution is -0.118. The van der Waals surface area contributed by atoms with Crippen molar-refractivity contribution in [2.75, 3.05) is 18.9 Å². The molecule has 0 aliphatic rings. The zero-order chi connectivity index (χ0) is 16.8. The molecule has 3 aromatic rings. The number of thioether (sulfide) groups is 1. The number of para-hydroxylation sites is 3. The van der Waals surface area contributed by atoms with Gasteiger partial charge < -0.3 is 14.6 Å². The molecule has 1 heterocycles. The van der Waals surface area contributed by atoms with Crippen LogP contribution in [0.4, 0.5) is 0 Å². The summed E-state index contributed by atoms with van der Waals surface area (Å²) in [6.07, 6.45) is 0. The molecule has 3 rings (SSSR count). The Morgan fingerprint density at radius 3 is 2.71 bits per heavy atom. The highest BCUT2D eigenvalue weighted by atomic mass is 32.2. The summed E-state index contributed by atoms with van der Waals surface area (Å²) in [5.74, 6) is 1.12. The Bertz CT molecular complexity index is 818. The smallest absolute Gasteiger partial charge is 0.230 e. The van der Waals surface area contributed by atoms with Crippen LogP contribution in [0.15, 0.2) is 59.8 Å². The fourth-order valence-electron chi connectivity index (χ4n) is 2.31. The van der Waals surface area contributed by atoms with Crippen molar-refractivity contribution in [3.63, 3.8) is 0 Å². The molecule has 0 bridgehead atoms. The topological polar surface area (TPSA) is 56.2 Å². The second-order valence-corrected chi connectivity index (χ2v) is 6.18. The standard InChI is InChI=1S/C18H19N3O2S/c1-21-16-10-6-5-9-15(16)20-18(21)24-13-17(22)19-11-12-23-14-7-3-2-4-8-14/h2-10H,11-13H2,1H3,(H,19,22). The molecular formula is C18H19N3O2S. The zero-order valence-corrected chi connectivity index (χ0v) is 14.3. The summed E-state index contributed by atoms with van der Waals surface area (Å²) in [5.41, 5.74) is 2.01. The Morgan fingerprint density at radius 1 is 1.17 bits per heavy atom. The van der Waals surface area contributed by atoms with Gasteiger partial charge in [-0.3, -0.25) is 4.79 Å². The molecule has 0 aliphatic heterocycles. The summed E-state index contributed by atoms with van der Waals surface area (Å²) >= 11 is 1.43. The van der Waals surface area contributed by atoms with Gasteiger partial charge in [-0.05, 0) is 24.3 Å². The minimum atomic E-state index is -0.0243. The number of fused-ring (bicyclic) bond motifs is 1. The van der Waals surface area contributed by atoms with E-state index in [2.05, 4.69) is 10.3 Å². The highest BCUT2D eigenvalue weighted by Crippen LogP contribution is 2.22. The van der Waals surface area contributed by atoms with Gasteiger partial charge in [-0.15, -0.1) is 0 Å². The summed E-state index contributed by atoms with van der Waals surface area (Å²) in [6, 6.07) is 17.5. The summed E-state index contributed by atoms with van der Waals surface area (Å²) in [4.78, 5) is 16.5. The lowest BCUT2D eigenvalue weighted by atomic mass is 10.3. The molecule has 24 heavy (non-hydrogen) atoms. The van der Waals surface area contributed by atoms with E-state index in [1.165, 1.54) is 11.8 Å². The highest BCUT2D eigenvalue weighted by Gasteiger charge is 2.09. The molecule has 0 fully saturated rings. The van der Waals surface area contributed by atoms with E-state index < -0.39 is 0 Å². The van der Waals surface area contributed by atoms with Crippen molar-refractivity contribution in [1.29, 1.82) is 0 Å². The molecule has 1 aromatic heterocycles. The maximum atomic E-state index is 11.9. The summed E-state index contributed by atoms with van der Waals surface area (Å²) < 4.78 is 7.55. The number of aryl methyl sites for hydroxylation is 1. The van der Waals surface area contributed by atoms with Crippen molar-refractivity contribution in [2.24, 2.45) is 7.05 Å². The number of amides is 1. The molecule has 0 atom stereocenters. The van der Waals surface area contributed by atoms with E-state index in [1.54, 1.807) is 0 Å². The number of nitrogens with zero attached hydrogens (tertiary/aromatic N) is 2. The molecular weight excluding hydrogens is 322 g/mol. The van der Waals surface area contributed by atoms with Gasteiger partial charge in [0.15, 0.2) is 5.16 Å². The number of hydrogen-bond acceptors (Lipinski definition) is 4. The van der Waals surface area contributed by atoms with Gasteiger partial charge in [-0.25, -0.2) is 4.98 Å². The molecule has 6 heteroatoms. The third-order valence-corrected chi connectivity index (χ3v) is 4.54. The van der Waals surface area contributed by atoms with E-state index in [-0.39, 0.29) is 5.91 Å². The minimum Gasteiger partial charge on any atom is -0.492 e. The summed E-state index contributed by atoms with van der Waals surface area (Å²) in [5, 5.41) is 3.69. The summed E-state index contributed by atoms with van der Waals surface area (Å²) in [6.45, 7) is 0.934. The van der Waals surface area contributed by atoms with Crippen LogP contribution in [0.2, 0.25) is 0 Å². The number of aromatic nitrogens is 2. The van der Waals surface area contributed by atoms with Gasteiger partial charge in [0.25, 0.3) is 0 Å².